The molecule has 3 aromatic rings. The van der Waals surface area contributed by atoms with Gasteiger partial charge >= 0.3 is 0 Å². The second kappa shape index (κ2) is 7.67. The number of Topliss-reactive ketones (excluding diaryl/α,β-unsaturated/α-hetero) is 1. The SMILES string of the molecule is COc1ccccc1C(=O)Nc1ccc2nc(SCC(C)=O)sc2c1. The first-order chi connectivity index (χ1) is 12.1. The van der Waals surface area contributed by atoms with Crippen LogP contribution in [0.2, 0.25) is 0 Å². The molecule has 25 heavy (non-hydrogen) atoms. The molecular formula is C18H16N2O3S2. The summed E-state index contributed by atoms with van der Waals surface area (Å²) in [4.78, 5) is 28.0. The smallest absolute Gasteiger partial charge is 0.259 e. The van der Waals surface area contributed by atoms with E-state index in [0.29, 0.717) is 22.8 Å². The van der Waals surface area contributed by atoms with Crippen LogP contribution in [-0.2, 0) is 4.79 Å². The molecule has 0 saturated carbocycles. The molecule has 1 heterocycles. The highest BCUT2D eigenvalue weighted by atomic mass is 32.2. The number of thiazole rings is 1. The van der Waals surface area contributed by atoms with Gasteiger partial charge in [0.1, 0.15) is 11.5 Å². The number of carbonyl (C=O) groups excluding carboxylic acids is 2. The fourth-order valence-corrected chi connectivity index (χ4v) is 4.14. The van der Waals surface area contributed by atoms with Gasteiger partial charge in [-0.3, -0.25) is 9.59 Å². The molecule has 0 aliphatic rings. The molecule has 7 heteroatoms. The predicted octanol–water partition coefficient (Wildman–Crippen LogP) is 4.24. The van der Waals surface area contributed by atoms with Crippen molar-refractivity contribution in [3.63, 3.8) is 0 Å². The van der Waals surface area contributed by atoms with Crippen LogP contribution < -0.4 is 10.1 Å². The molecule has 5 nitrogen and oxygen atoms in total. The van der Waals surface area contributed by atoms with Gasteiger partial charge in [0.15, 0.2) is 4.34 Å². The molecule has 2 aromatic carbocycles. The molecule has 0 atom stereocenters. The number of nitrogens with one attached hydrogen (secondary N) is 1. The van der Waals surface area contributed by atoms with Crippen molar-refractivity contribution in [1.82, 2.24) is 4.98 Å². The molecular weight excluding hydrogens is 356 g/mol. The molecule has 0 radical (unpaired) electrons. The van der Waals surface area contributed by atoms with Crippen LogP contribution >= 0.6 is 23.1 Å². The molecule has 0 bridgehead atoms. The minimum absolute atomic E-state index is 0.119. The molecule has 1 amide bonds. The topological polar surface area (TPSA) is 68.3 Å². The van der Waals surface area contributed by atoms with Crippen molar-refractivity contribution < 1.29 is 14.3 Å². The average molecular weight is 372 g/mol. The molecule has 0 unspecified atom stereocenters. The number of ketones is 1. The van der Waals surface area contributed by atoms with E-state index in [9.17, 15) is 9.59 Å². The number of para-hydroxylation sites is 1. The number of rotatable bonds is 6. The maximum Gasteiger partial charge on any atom is 0.259 e. The standard InChI is InChI=1S/C18H16N2O3S2/c1-11(21)10-24-18-20-14-8-7-12(9-16(14)25-18)19-17(22)13-5-3-4-6-15(13)23-2/h3-9H,10H2,1-2H3,(H,19,22). The number of fused-ring (bicyclic) bond motifs is 1. The lowest BCUT2D eigenvalue weighted by molar-refractivity contribution is -0.114. The number of ether oxygens (including phenoxy) is 1. The Morgan fingerprint density at radius 1 is 1.24 bits per heavy atom. The van der Waals surface area contributed by atoms with Gasteiger partial charge in [0, 0.05) is 5.69 Å². The summed E-state index contributed by atoms with van der Waals surface area (Å²) in [5, 5.41) is 2.88. The van der Waals surface area contributed by atoms with Crippen LogP contribution in [0.3, 0.4) is 0 Å². The maximum absolute atomic E-state index is 12.5. The molecule has 128 valence electrons. The van der Waals surface area contributed by atoms with Gasteiger partial charge in [0.05, 0.1) is 28.6 Å². The van der Waals surface area contributed by atoms with Crippen LogP contribution in [0.15, 0.2) is 46.8 Å². The van der Waals surface area contributed by atoms with Gasteiger partial charge in [-0.05, 0) is 37.3 Å². The first-order valence-electron chi connectivity index (χ1n) is 7.54. The molecule has 0 fully saturated rings. The van der Waals surface area contributed by atoms with Crippen LogP contribution in [0.5, 0.6) is 5.75 Å². The zero-order valence-electron chi connectivity index (χ0n) is 13.7. The quantitative estimate of drug-likeness (QED) is 0.656. The minimum Gasteiger partial charge on any atom is -0.496 e. The number of benzene rings is 2. The van der Waals surface area contributed by atoms with Gasteiger partial charge in [0.25, 0.3) is 5.91 Å². The van der Waals surface area contributed by atoms with E-state index in [-0.39, 0.29) is 11.7 Å². The number of anilines is 1. The summed E-state index contributed by atoms with van der Waals surface area (Å²) in [6.07, 6.45) is 0. The third kappa shape index (κ3) is 4.18. The molecule has 0 saturated heterocycles. The summed E-state index contributed by atoms with van der Waals surface area (Å²) >= 11 is 2.94. The Labute approximate surface area is 153 Å². The highest BCUT2D eigenvalue weighted by Crippen LogP contribution is 2.31. The van der Waals surface area contributed by atoms with Crippen LogP contribution in [0, 0.1) is 0 Å². The second-order valence-corrected chi connectivity index (χ2v) is 7.56. The summed E-state index contributed by atoms with van der Waals surface area (Å²) in [6, 6.07) is 12.6. The van der Waals surface area contributed by atoms with E-state index in [4.69, 9.17) is 4.74 Å². The highest BCUT2D eigenvalue weighted by Gasteiger charge is 2.13. The fourth-order valence-electron chi connectivity index (χ4n) is 2.24. The molecule has 0 aliphatic carbocycles. The Morgan fingerprint density at radius 2 is 2.04 bits per heavy atom. The van der Waals surface area contributed by atoms with Crippen molar-refractivity contribution in [3.8, 4) is 5.75 Å². The number of nitrogens with zero attached hydrogens (tertiary/aromatic N) is 1. The number of thioether (sulfide) groups is 1. The zero-order valence-corrected chi connectivity index (χ0v) is 15.4. The number of hydrogen-bond donors (Lipinski definition) is 1. The lowest BCUT2D eigenvalue weighted by Gasteiger charge is -2.09. The van der Waals surface area contributed by atoms with E-state index in [2.05, 4.69) is 10.3 Å². The van der Waals surface area contributed by atoms with E-state index in [1.807, 2.05) is 24.3 Å². The normalized spacial score (nSPS) is 10.6. The van der Waals surface area contributed by atoms with E-state index >= 15 is 0 Å². The van der Waals surface area contributed by atoms with E-state index < -0.39 is 0 Å². The molecule has 1 N–H and O–H groups in total. The van der Waals surface area contributed by atoms with Crippen molar-refractivity contribution in [2.75, 3.05) is 18.2 Å². The summed E-state index contributed by atoms with van der Waals surface area (Å²) in [5.74, 6) is 0.834. The summed E-state index contributed by atoms with van der Waals surface area (Å²) in [5.41, 5.74) is 2.02. The largest absolute Gasteiger partial charge is 0.496 e. The van der Waals surface area contributed by atoms with Crippen LogP contribution in [0.1, 0.15) is 17.3 Å². The van der Waals surface area contributed by atoms with Crippen LogP contribution in [-0.4, -0.2) is 29.5 Å². The molecule has 0 aliphatic heterocycles. The van der Waals surface area contributed by atoms with Gasteiger partial charge in [0.2, 0.25) is 0 Å². The molecule has 1 aromatic heterocycles. The minimum atomic E-state index is -0.229. The highest BCUT2D eigenvalue weighted by molar-refractivity contribution is 8.01. The molecule has 3 rings (SSSR count). The zero-order chi connectivity index (χ0) is 17.8. The Kier molecular flexibility index (Phi) is 5.35. The first-order valence-corrected chi connectivity index (χ1v) is 9.34. The van der Waals surface area contributed by atoms with Gasteiger partial charge < -0.3 is 10.1 Å². The summed E-state index contributed by atoms with van der Waals surface area (Å²) in [6.45, 7) is 1.56. The number of amides is 1. The lowest BCUT2D eigenvalue weighted by atomic mass is 10.2. The Morgan fingerprint density at radius 3 is 2.80 bits per heavy atom. The van der Waals surface area contributed by atoms with E-state index in [1.165, 1.54) is 30.2 Å². The predicted molar refractivity (Wildman–Crippen MR) is 102 cm³/mol. The van der Waals surface area contributed by atoms with E-state index in [1.54, 1.807) is 25.1 Å². The Hall–Kier alpha value is -2.38. The number of aromatic nitrogens is 1. The van der Waals surface area contributed by atoms with Gasteiger partial charge in [-0.25, -0.2) is 4.98 Å². The second-order valence-electron chi connectivity index (χ2n) is 5.31. The average Bonchev–Trinajstić information content (AvgIpc) is 3.02. The van der Waals surface area contributed by atoms with Crippen LogP contribution in [0.4, 0.5) is 5.69 Å². The third-order valence-electron chi connectivity index (χ3n) is 3.38. The number of carbonyl (C=O) groups is 2. The van der Waals surface area contributed by atoms with Crippen molar-refractivity contribution in [3.05, 3.63) is 48.0 Å². The van der Waals surface area contributed by atoms with Crippen LogP contribution in [0.25, 0.3) is 10.2 Å². The third-order valence-corrected chi connectivity index (χ3v) is 5.68. The first kappa shape index (κ1) is 17.4. The Balaban J connectivity index is 1.79. The number of hydrogen-bond acceptors (Lipinski definition) is 6. The number of methoxy groups -OCH3 is 1. The van der Waals surface area contributed by atoms with E-state index in [0.717, 1.165) is 14.6 Å². The van der Waals surface area contributed by atoms with Crippen molar-refractivity contribution in [1.29, 1.82) is 0 Å². The summed E-state index contributed by atoms with van der Waals surface area (Å²) < 4.78 is 7.03. The monoisotopic (exact) mass is 372 g/mol. The van der Waals surface area contributed by atoms with Crippen molar-refractivity contribution in [2.45, 2.75) is 11.3 Å². The van der Waals surface area contributed by atoms with Gasteiger partial charge in [-0.2, -0.15) is 0 Å². The maximum atomic E-state index is 12.5. The van der Waals surface area contributed by atoms with Crippen molar-refractivity contribution in [2.24, 2.45) is 0 Å². The van der Waals surface area contributed by atoms with Crippen molar-refractivity contribution >= 4 is 50.7 Å². The lowest BCUT2D eigenvalue weighted by Crippen LogP contribution is -2.12. The summed E-state index contributed by atoms with van der Waals surface area (Å²) in [7, 11) is 1.54. The molecule has 0 spiro atoms. The Bertz CT molecular complexity index is 937. The fraction of sp³-hybridized carbons (Fsp3) is 0.167. The van der Waals surface area contributed by atoms with Gasteiger partial charge in [-0.1, -0.05) is 23.9 Å². The van der Waals surface area contributed by atoms with Gasteiger partial charge in [-0.15, -0.1) is 11.3 Å².